The SMILES string of the molecule is C=[C-]C1CCCC1.CC(C)(C)c1ccc2c(c1)[cH-]c1cc(C(C)(C)C)ccc12.[CH2-]c1ccccc1.[Zr+4].c1cc[cH-]c1. The number of benzene rings is 3. The predicted molar refractivity (Wildman–Crippen MR) is 178 cm³/mol. The fourth-order valence-corrected chi connectivity index (χ4v) is 4.88. The van der Waals surface area contributed by atoms with Crippen LogP contribution in [-0.2, 0) is 37.0 Å². The minimum atomic E-state index is 0. The van der Waals surface area contributed by atoms with E-state index in [1.807, 2.05) is 60.7 Å². The molecule has 0 saturated heterocycles. The van der Waals surface area contributed by atoms with Crippen LogP contribution >= 0.6 is 0 Å². The molecular weight excluding hydrogens is 572 g/mol. The van der Waals surface area contributed by atoms with E-state index in [1.165, 1.54) is 58.4 Å². The quantitative estimate of drug-likeness (QED) is 0.164. The third-order valence-electron chi connectivity index (χ3n) is 7.48. The summed E-state index contributed by atoms with van der Waals surface area (Å²) in [6.45, 7) is 21.0. The Hall–Kier alpha value is -2.63. The Kier molecular flexibility index (Phi) is 13.6. The van der Waals surface area contributed by atoms with Gasteiger partial charge in [-0.3, -0.25) is 6.58 Å². The van der Waals surface area contributed by atoms with Gasteiger partial charge in [-0.2, -0.15) is 48.7 Å². The summed E-state index contributed by atoms with van der Waals surface area (Å²) in [7, 11) is 0. The summed E-state index contributed by atoms with van der Waals surface area (Å²) in [6, 6.07) is 36.1. The summed E-state index contributed by atoms with van der Waals surface area (Å²) in [5.74, 6) is 0.736. The Bertz CT molecular complexity index is 1330. The molecule has 5 aromatic rings. The van der Waals surface area contributed by atoms with Gasteiger partial charge in [-0.05, 0) is 10.8 Å². The molecule has 0 bridgehead atoms. The molecule has 212 valence electrons. The summed E-state index contributed by atoms with van der Waals surface area (Å²) in [4.78, 5) is 0. The van der Waals surface area contributed by atoms with Crippen molar-refractivity contribution in [2.75, 3.05) is 0 Å². The van der Waals surface area contributed by atoms with Crippen molar-refractivity contribution >= 4 is 21.5 Å². The first-order chi connectivity index (χ1) is 19.0. The van der Waals surface area contributed by atoms with Crippen LogP contribution in [0.15, 0.2) is 110 Å². The van der Waals surface area contributed by atoms with Gasteiger partial charge in [-0.25, -0.2) is 12.1 Å². The van der Waals surface area contributed by atoms with E-state index < -0.39 is 0 Å². The van der Waals surface area contributed by atoms with Gasteiger partial charge in [-0.1, -0.05) is 109 Å². The molecule has 1 aliphatic rings. The summed E-state index contributed by atoms with van der Waals surface area (Å²) in [5, 5.41) is 5.48. The van der Waals surface area contributed by atoms with E-state index in [0.29, 0.717) is 0 Å². The van der Waals surface area contributed by atoms with Crippen LogP contribution in [-0.4, -0.2) is 0 Å². The van der Waals surface area contributed by atoms with Gasteiger partial charge in [0.1, 0.15) is 0 Å². The van der Waals surface area contributed by atoms with E-state index in [1.54, 1.807) is 0 Å². The van der Waals surface area contributed by atoms with Crippen LogP contribution in [0.2, 0.25) is 0 Å². The van der Waals surface area contributed by atoms with Gasteiger partial charge in [0.2, 0.25) is 0 Å². The normalized spacial score (nSPS) is 13.1. The van der Waals surface area contributed by atoms with Crippen LogP contribution < -0.4 is 0 Å². The molecule has 0 amide bonds. The standard InChI is InChI=1S/C21H25.C7H7.C7H11.C5H5.Zr/c1-20(2,3)16-7-9-18-14(12-16)11-15-13-17(21(4,5)6)8-10-19(15)18;1-7-5-3-2-4-6-7;1-2-7-5-3-4-6-7;1-2-4-5-3-1;/h7-13H,1-6H3;2-6H,1H2;7H,1,3-6H2;1-5H;/q4*-1;+4. The monoisotopic (exact) mass is 618 g/mol. The second-order valence-corrected chi connectivity index (χ2v) is 12.9. The molecule has 0 heterocycles. The first-order valence-corrected chi connectivity index (χ1v) is 14.7. The van der Waals surface area contributed by atoms with Crippen molar-refractivity contribution in [3.05, 3.63) is 139 Å². The molecule has 6 rings (SSSR count). The second-order valence-electron chi connectivity index (χ2n) is 12.9. The number of fused-ring (bicyclic) bond motifs is 3. The molecule has 1 fully saturated rings. The molecule has 0 nitrogen and oxygen atoms in total. The van der Waals surface area contributed by atoms with Gasteiger partial charge >= 0.3 is 26.2 Å². The van der Waals surface area contributed by atoms with Gasteiger partial charge < -0.3 is 6.08 Å². The van der Waals surface area contributed by atoms with Gasteiger partial charge in [0.05, 0.1) is 0 Å². The van der Waals surface area contributed by atoms with E-state index in [2.05, 4.69) is 104 Å². The molecule has 0 radical (unpaired) electrons. The largest absolute Gasteiger partial charge is 4.00 e. The molecule has 41 heavy (non-hydrogen) atoms. The predicted octanol–water partition coefficient (Wildman–Crippen LogP) is 11.7. The molecule has 0 atom stereocenters. The van der Waals surface area contributed by atoms with Gasteiger partial charge in [0.15, 0.2) is 0 Å². The number of hydrogen-bond donors (Lipinski definition) is 0. The Morgan fingerprint density at radius 1 is 0.707 bits per heavy atom. The molecule has 5 aromatic carbocycles. The van der Waals surface area contributed by atoms with E-state index >= 15 is 0 Å². The molecule has 1 saturated carbocycles. The third kappa shape index (κ3) is 10.9. The zero-order valence-electron chi connectivity index (χ0n) is 26.1. The first kappa shape index (κ1) is 34.6. The minimum Gasteiger partial charge on any atom is -0.501 e. The molecule has 1 aliphatic carbocycles. The van der Waals surface area contributed by atoms with Crippen LogP contribution in [0, 0.1) is 18.9 Å². The van der Waals surface area contributed by atoms with E-state index in [0.717, 1.165) is 11.5 Å². The molecule has 0 N–H and O–H groups in total. The van der Waals surface area contributed by atoms with Crippen LogP contribution in [0.5, 0.6) is 0 Å². The van der Waals surface area contributed by atoms with Crippen LogP contribution in [0.3, 0.4) is 0 Å². The first-order valence-electron chi connectivity index (χ1n) is 14.7. The molecule has 0 aliphatic heterocycles. The van der Waals surface area contributed by atoms with Crippen LogP contribution in [0.1, 0.15) is 83.9 Å². The maximum absolute atomic E-state index is 3.72. The Morgan fingerprint density at radius 2 is 1.17 bits per heavy atom. The van der Waals surface area contributed by atoms with Crippen molar-refractivity contribution < 1.29 is 26.2 Å². The fraction of sp³-hybridized carbons (Fsp3) is 0.325. The zero-order valence-corrected chi connectivity index (χ0v) is 28.6. The summed E-state index contributed by atoms with van der Waals surface area (Å²) in [6.07, 6.45) is 8.48. The number of rotatable bonds is 1. The minimum absolute atomic E-state index is 0. The zero-order chi connectivity index (χ0) is 29.2. The number of hydrogen-bond acceptors (Lipinski definition) is 0. The summed E-state index contributed by atoms with van der Waals surface area (Å²) < 4.78 is 0. The summed E-state index contributed by atoms with van der Waals surface area (Å²) in [5.41, 5.74) is 4.29. The van der Waals surface area contributed by atoms with Crippen molar-refractivity contribution in [2.45, 2.75) is 78.1 Å². The average Bonchev–Trinajstić information content (AvgIpc) is 3.71. The van der Waals surface area contributed by atoms with E-state index in [4.69, 9.17) is 0 Å². The van der Waals surface area contributed by atoms with Crippen LogP contribution in [0.4, 0.5) is 0 Å². The second kappa shape index (κ2) is 16.1. The number of allylic oxidation sites excluding steroid dienone is 1. The molecule has 0 spiro atoms. The van der Waals surface area contributed by atoms with Crippen molar-refractivity contribution in [1.82, 2.24) is 0 Å². The maximum atomic E-state index is 3.72. The topological polar surface area (TPSA) is 0 Å². The van der Waals surface area contributed by atoms with E-state index in [-0.39, 0.29) is 37.0 Å². The van der Waals surface area contributed by atoms with Crippen molar-refractivity contribution in [1.29, 1.82) is 0 Å². The molecule has 0 aromatic heterocycles. The molecule has 1 heteroatoms. The van der Waals surface area contributed by atoms with E-state index in [9.17, 15) is 0 Å². The van der Waals surface area contributed by atoms with Gasteiger partial charge in [-0.15, -0.1) is 51.9 Å². The van der Waals surface area contributed by atoms with Crippen molar-refractivity contribution in [2.24, 2.45) is 5.92 Å². The summed E-state index contributed by atoms with van der Waals surface area (Å²) >= 11 is 0. The molecular formula is C40H48Zr. The fourth-order valence-electron chi connectivity index (χ4n) is 4.88. The van der Waals surface area contributed by atoms with Crippen LogP contribution in [0.25, 0.3) is 21.5 Å². The third-order valence-corrected chi connectivity index (χ3v) is 7.48. The van der Waals surface area contributed by atoms with Gasteiger partial charge in [0, 0.05) is 0 Å². The Balaban J connectivity index is 0.000000238. The van der Waals surface area contributed by atoms with Gasteiger partial charge in [0.25, 0.3) is 0 Å². The van der Waals surface area contributed by atoms with Crippen molar-refractivity contribution in [3.8, 4) is 0 Å². The average molecular weight is 620 g/mol. The molecule has 0 unspecified atom stereocenters. The Labute approximate surface area is 269 Å². The maximum Gasteiger partial charge on any atom is 4.00 e. The smallest absolute Gasteiger partial charge is 0.501 e. The Morgan fingerprint density at radius 3 is 1.46 bits per heavy atom. The van der Waals surface area contributed by atoms with Crippen molar-refractivity contribution in [3.63, 3.8) is 0 Å².